The molecular formula is C14H13BrN2O2. The predicted octanol–water partition coefficient (Wildman–Crippen LogP) is 2.47. The topological polar surface area (TPSA) is 76.2 Å². The molecule has 2 aromatic rings. The van der Waals surface area contributed by atoms with Crippen LogP contribution < -0.4 is 5.73 Å². The van der Waals surface area contributed by atoms with Crippen LogP contribution in [-0.4, -0.2) is 22.1 Å². The minimum Gasteiger partial charge on any atom is -0.480 e. The highest BCUT2D eigenvalue weighted by molar-refractivity contribution is 9.10. The van der Waals surface area contributed by atoms with Crippen molar-refractivity contribution < 1.29 is 9.90 Å². The Morgan fingerprint density at radius 1 is 1.42 bits per heavy atom. The Bertz CT molecular complexity index is 602. The van der Waals surface area contributed by atoms with Crippen molar-refractivity contribution in [2.75, 3.05) is 0 Å². The Labute approximate surface area is 119 Å². The van der Waals surface area contributed by atoms with Crippen LogP contribution in [0.1, 0.15) is 5.56 Å². The molecule has 1 aromatic heterocycles. The summed E-state index contributed by atoms with van der Waals surface area (Å²) in [5, 5.41) is 8.90. The normalized spacial score (nSPS) is 12.1. The van der Waals surface area contributed by atoms with E-state index in [1.165, 1.54) is 0 Å². The summed E-state index contributed by atoms with van der Waals surface area (Å²) in [7, 11) is 0. The van der Waals surface area contributed by atoms with Gasteiger partial charge in [-0.3, -0.25) is 9.78 Å². The Kier molecular flexibility index (Phi) is 4.29. The number of benzene rings is 1. The average Bonchev–Trinajstić information content (AvgIpc) is 2.39. The minimum atomic E-state index is -1.01. The first-order valence-corrected chi connectivity index (χ1v) is 6.54. The van der Waals surface area contributed by atoms with Gasteiger partial charge in [-0.2, -0.15) is 0 Å². The molecule has 3 N–H and O–H groups in total. The van der Waals surface area contributed by atoms with Gasteiger partial charge in [0.25, 0.3) is 0 Å². The Hall–Kier alpha value is -1.72. The van der Waals surface area contributed by atoms with Crippen molar-refractivity contribution in [3.05, 3.63) is 52.8 Å². The maximum Gasteiger partial charge on any atom is 0.320 e. The van der Waals surface area contributed by atoms with Crippen LogP contribution in [0.25, 0.3) is 11.1 Å². The molecule has 0 bridgehead atoms. The quantitative estimate of drug-likeness (QED) is 0.907. The van der Waals surface area contributed by atoms with Crippen LogP contribution in [0, 0.1) is 0 Å². The summed E-state index contributed by atoms with van der Waals surface area (Å²) in [5.41, 5.74) is 8.37. The zero-order chi connectivity index (χ0) is 13.8. The molecule has 1 unspecified atom stereocenters. The van der Waals surface area contributed by atoms with Gasteiger partial charge in [-0.15, -0.1) is 0 Å². The maximum atomic E-state index is 10.9. The van der Waals surface area contributed by atoms with E-state index < -0.39 is 12.0 Å². The molecule has 1 heterocycles. The minimum absolute atomic E-state index is 0.255. The van der Waals surface area contributed by atoms with Gasteiger partial charge in [-0.1, -0.05) is 28.1 Å². The van der Waals surface area contributed by atoms with Crippen LogP contribution in [0.2, 0.25) is 0 Å². The molecule has 2 rings (SSSR count). The Morgan fingerprint density at radius 3 is 2.89 bits per heavy atom. The molecule has 0 saturated heterocycles. The van der Waals surface area contributed by atoms with E-state index in [-0.39, 0.29) is 6.42 Å². The number of carbonyl (C=O) groups is 1. The number of carboxylic acids is 1. The second-order valence-corrected chi connectivity index (χ2v) is 5.11. The molecule has 19 heavy (non-hydrogen) atoms. The summed E-state index contributed by atoms with van der Waals surface area (Å²) < 4.78 is 0.968. The van der Waals surface area contributed by atoms with Crippen molar-refractivity contribution in [3.63, 3.8) is 0 Å². The van der Waals surface area contributed by atoms with Gasteiger partial charge in [0.2, 0.25) is 0 Å². The van der Waals surface area contributed by atoms with Crippen molar-refractivity contribution in [1.29, 1.82) is 0 Å². The summed E-state index contributed by atoms with van der Waals surface area (Å²) in [6.07, 6.45) is 3.61. The number of carboxylic acid groups (broad SMARTS) is 1. The van der Waals surface area contributed by atoms with E-state index in [9.17, 15) is 4.79 Å². The molecule has 0 aliphatic carbocycles. The average molecular weight is 321 g/mol. The van der Waals surface area contributed by atoms with E-state index in [0.717, 1.165) is 21.2 Å². The summed E-state index contributed by atoms with van der Waals surface area (Å²) >= 11 is 3.42. The lowest BCUT2D eigenvalue weighted by Crippen LogP contribution is -2.32. The third-order valence-electron chi connectivity index (χ3n) is 2.80. The highest BCUT2D eigenvalue weighted by atomic mass is 79.9. The molecule has 0 amide bonds. The number of pyridine rings is 1. The van der Waals surface area contributed by atoms with Crippen LogP contribution in [0.5, 0.6) is 0 Å². The molecule has 0 aliphatic heterocycles. The highest BCUT2D eigenvalue weighted by Crippen LogP contribution is 2.26. The van der Waals surface area contributed by atoms with Crippen LogP contribution in [0.4, 0.5) is 0 Å². The number of aromatic nitrogens is 1. The third-order valence-corrected chi connectivity index (χ3v) is 3.29. The van der Waals surface area contributed by atoms with Gasteiger partial charge in [0.15, 0.2) is 0 Å². The van der Waals surface area contributed by atoms with Gasteiger partial charge in [0, 0.05) is 23.3 Å². The zero-order valence-corrected chi connectivity index (χ0v) is 11.7. The molecule has 0 aliphatic rings. The van der Waals surface area contributed by atoms with Crippen molar-refractivity contribution in [1.82, 2.24) is 4.98 Å². The second kappa shape index (κ2) is 5.95. The monoisotopic (exact) mass is 320 g/mol. The first kappa shape index (κ1) is 13.7. The lowest BCUT2D eigenvalue weighted by molar-refractivity contribution is -0.138. The molecule has 1 atom stereocenters. The van der Waals surface area contributed by atoms with Crippen molar-refractivity contribution in [2.24, 2.45) is 5.73 Å². The molecule has 4 nitrogen and oxygen atoms in total. The number of hydrogen-bond acceptors (Lipinski definition) is 3. The summed E-state index contributed by atoms with van der Waals surface area (Å²) in [6.45, 7) is 0. The fourth-order valence-corrected chi connectivity index (χ4v) is 2.25. The van der Waals surface area contributed by atoms with E-state index in [1.807, 2.05) is 30.3 Å². The van der Waals surface area contributed by atoms with Crippen molar-refractivity contribution in [2.45, 2.75) is 12.5 Å². The van der Waals surface area contributed by atoms with Gasteiger partial charge in [0.05, 0.1) is 0 Å². The highest BCUT2D eigenvalue weighted by Gasteiger charge is 2.15. The van der Waals surface area contributed by atoms with Gasteiger partial charge < -0.3 is 10.8 Å². The molecule has 98 valence electrons. The number of aliphatic carboxylic acids is 1. The van der Waals surface area contributed by atoms with Gasteiger partial charge in [-0.25, -0.2) is 0 Å². The fourth-order valence-electron chi connectivity index (χ4n) is 1.85. The number of nitrogens with zero attached hydrogens (tertiary/aromatic N) is 1. The number of rotatable bonds is 4. The Balaban J connectivity index is 2.39. The van der Waals surface area contributed by atoms with Crippen molar-refractivity contribution >= 4 is 21.9 Å². The summed E-state index contributed by atoms with van der Waals surface area (Å²) in [5.74, 6) is -1.01. The van der Waals surface area contributed by atoms with Gasteiger partial charge in [-0.05, 0) is 34.9 Å². The van der Waals surface area contributed by atoms with Crippen LogP contribution in [0.3, 0.4) is 0 Å². The van der Waals surface area contributed by atoms with Gasteiger partial charge in [0.1, 0.15) is 6.04 Å². The molecule has 0 spiro atoms. The Morgan fingerprint density at radius 2 is 2.21 bits per heavy atom. The molecule has 5 heteroatoms. The van der Waals surface area contributed by atoms with E-state index >= 15 is 0 Å². The number of halogens is 1. The molecule has 1 aromatic carbocycles. The summed E-state index contributed by atoms with van der Waals surface area (Å²) in [4.78, 5) is 14.9. The standard InChI is InChI=1S/C14H13BrN2O2/c15-11-3-1-2-9(6-11)12-4-5-17-8-10(12)7-13(16)14(18)19/h1-6,8,13H,7,16H2,(H,18,19). The van der Waals surface area contributed by atoms with Gasteiger partial charge >= 0.3 is 5.97 Å². The number of hydrogen-bond donors (Lipinski definition) is 2. The zero-order valence-electron chi connectivity index (χ0n) is 10.1. The largest absolute Gasteiger partial charge is 0.480 e. The first-order valence-electron chi connectivity index (χ1n) is 5.75. The molecule has 0 saturated carbocycles. The molecule has 0 radical (unpaired) electrons. The maximum absolute atomic E-state index is 10.9. The van der Waals surface area contributed by atoms with Crippen molar-refractivity contribution in [3.8, 4) is 11.1 Å². The SMILES string of the molecule is NC(Cc1cnccc1-c1cccc(Br)c1)C(=O)O. The lowest BCUT2D eigenvalue weighted by Gasteiger charge is -2.11. The predicted molar refractivity (Wildman–Crippen MR) is 76.7 cm³/mol. The van der Waals surface area contributed by atoms with Crippen LogP contribution in [0.15, 0.2) is 47.2 Å². The molecular weight excluding hydrogens is 308 g/mol. The van der Waals surface area contributed by atoms with E-state index in [0.29, 0.717) is 0 Å². The van der Waals surface area contributed by atoms with E-state index in [2.05, 4.69) is 20.9 Å². The van der Waals surface area contributed by atoms with Crippen LogP contribution >= 0.6 is 15.9 Å². The number of nitrogens with two attached hydrogens (primary N) is 1. The lowest BCUT2D eigenvalue weighted by atomic mass is 9.97. The third kappa shape index (κ3) is 3.39. The fraction of sp³-hybridized carbons (Fsp3) is 0.143. The smallest absolute Gasteiger partial charge is 0.320 e. The second-order valence-electron chi connectivity index (χ2n) is 4.19. The first-order chi connectivity index (χ1) is 9.08. The summed E-state index contributed by atoms with van der Waals surface area (Å²) in [6, 6.07) is 8.76. The van der Waals surface area contributed by atoms with Crippen LogP contribution in [-0.2, 0) is 11.2 Å². The molecule has 0 fully saturated rings. The van der Waals surface area contributed by atoms with E-state index in [4.69, 9.17) is 10.8 Å². The van der Waals surface area contributed by atoms with E-state index in [1.54, 1.807) is 12.4 Å².